The SMILES string of the molecule is CCCCN(C(=O)Oc1cc(C)oc1C)C1CC(C)(C)N(C)C(C)(C)C1. The van der Waals surface area contributed by atoms with Gasteiger partial charge in [-0.25, -0.2) is 4.79 Å². The van der Waals surface area contributed by atoms with Gasteiger partial charge in [-0.1, -0.05) is 13.3 Å². The van der Waals surface area contributed by atoms with E-state index in [2.05, 4.69) is 46.6 Å². The summed E-state index contributed by atoms with van der Waals surface area (Å²) in [5, 5.41) is 0. The van der Waals surface area contributed by atoms with Crippen LogP contribution in [-0.2, 0) is 0 Å². The van der Waals surface area contributed by atoms with Crippen molar-refractivity contribution in [1.29, 1.82) is 0 Å². The van der Waals surface area contributed by atoms with Gasteiger partial charge < -0.3 is 14.1 Å². The molecule has 5 nitrogen and oxygen atoms in total. The summed E-state index contributed by atoms with van der Waals surface area (Å²) in [5.74, 6) is 1.93. The quantitative estimate of drug-likeness (QED) is 0.725. The zero-order valence-corrected chi connectivity index (χ0v) is 17.8. The van der Waals surface area contributed by atoms with Crippen molar-refractivity contribution < 1.29 is 13.9 Å². The molecule has 0 aromatic carbocycles. The van der Waals surface area contributed by atoms with Crippen molar-refractivity contribution in [2.75, 3.05) is 13.6 Å². The average Bonchev–Trinajstić information content (AvgIpc) is 2.82. The van der Waals surface area contributed by atoms with E-state index in [1.807, 2.05) is 18.7 Å². The van der Waals surface area contributed by atoms with Gasteiger partial charge in [0.2, 0.25) is 0 Å². The number of carbonyl (C=O) groups excluding carboxylic acids is 1. The van der Waals surface area contributed by atoms with E-state index in [1.165, 1.54) is 0 Å². The first-order valence-corrected chi connectivity index (χ1v) is 9.77. The summed E-state index contributed by atoms with van der Waals surface area (Å²) < 4.78 is 11.2. The molecule has 1 aliphatic heterocycles. The predicted octanol–water partition coefficient (Wildman–Crippen LogP) is 5.15. The molecule has 26 heavy (non-hydrogen) atoms. The molecule has 148 valence electrons. The smallest absolute Gasteiger partial charge is 0.415 e. The number of unbranched alkanes of at least 4 members (excludes halogenated alkanes) is 1. The van der Waals surface area contributed by atoms with Gasteiger partial charge in [-0.3, -0.25) is 4.90 Å². The number of amides is 1. The fourth-order valence-corrected chi connectivity index (χ4v) is 4.15. The van der Waals surface area contributed by atoms with Crippen LogP contribution in [-0.4, -0.2) is 46.6 Å². The van der Waals surface area contributed by atoms with E-state index in [0.29, 0.717) is 11.5 Å². The minimum atomic E-state index is -0.261. The third-order valence-electron chi connectivity index (χ3n) is 5.91. The van der Waals surface area contributed by atoms with Crippen LogP contribution in [0.25, 0.3) is 0 Å². The second kappa shape index (κ2) is 7.63. The van der Waals surface area contributed by atoms with Gasteiger partial charge in [-0.2, -0.15) is 0 Å². The lowest BCUT2D eigenvalue weighted by atomic mass is 9.77. The Kier molecular flexibility index (Phi) is 6.11. The van der Waals surface area contributed by atoms with Crippen LogP contribution in [0.3, 0.4) is 0 Å². The lowest BCUT2D eigenvalue weighted by molar-refractivity contribution is -0.0420. The molecule has 0 spiro atoms. The molecule has 0 radical (unpaired) electrons. The Morgan fingerprint density at radius 2 is 1.85 bits per heavy atom. The molecular weight excluding hydrogens is 328 g/mol. The first-order chi connectivity index (χ1) is 12.0. The molecule has 0 atom stereocenters. The van der Waals surface area contributed by atoms with E-state index in [9.17, 15) is 4.79 Å². The second-order valence-corrected chi connectivity index (χ2v) is 8.94. The molecule has 1 aromatic rings. The van der Waals surface area contributed by atoms with E-state index in [1.54, 1.807) is 6.07 Å². The van der Waals surface area contributed by atoms with Crippen molar-refractivity contribution in [3.8, 4) is 5.75 Å². The number of aryl methyl sites for hydroxylation is 2. The molecule has 0 bridgehead atoms. The molecule has 5 heteroatoms. The van der Waals surface area contributed by atoms with E-state index >= 15 is 0 Å². The molecule has 1 fully saturated rings. The fourth-order valence-electron chi connectivity index (χ4n) is 4.15. The zero-order chi connectivity index (χ0) is 19.7. The van der Waals surface area contributed by atoms with Crippen LogP contribution in [0.1, 0.15) is 71.8 Å². The average molecular weight is 365 g/mol. The van der Waals surface area contributed by atoms with Crippen LogP contribution in [0.2, 0.25) is 0 Å². The van der Waals surface area contributed by atoms with Gasteiger partial charge in [-0.05, 0) is 67.9 Å². The largest absolute Gasteiger partial charge is 0.463 e. The highest BCUT2D eigenvalue weighted by atomic mass is 16.6. The zero-order valence-electron chi connectivity index (χ0n) is 17.8. The van der Waals surface area contributed by atoms with Crippen LogP contribution < -0.4 is 4.74 Å². The summed E-state index contributed by atoms with van der Waals surface area (Å²) in [7, 11) is 2.18. The van der Waals surface area contributed by atoms with Gasteiger partial charge in [0.1, 0.15) is 11.5 Å². The van der Waals surface area contributed by atoms with E-state index in [0.717, 1.165) is 38.0 Å². The van der Waals surface area contributed by atoms with Crippen molar-refractivity contribution in [2.45, 2.75) is 91.3 Å². The number of hydrogen-bond acceptors (Lipinski definition) is 4. The third-order valence-corrected chi connectivity index (χ3v) is 5.91. The standard InChI is InChI=1S/C21H36N2O3/c1-9-10-11-23(19(24)26-18-12-15(2)25-16(18)3)17-13-20(4,5)22(8)21(6,7)14-17/h12,17H,9-11,13-14H2,1-8H3. The predicted molar refractivity (Wildman–Crippen MR) is 105 cm³/mol. The summed E-state index contributed by atoms with van der Waals surface area (Å²) >= 11 is 0. The summed E-state index contributed by atoms with van der Waals surface area (Å²) in [6.07, 6.45) is 3.65. The molecular formula is C21H36N2O3. The molecule has 1 amide bonds. The first kappa shape index (κ1) is 20.8. The van der Waals surface area contributed by atoms with Crippen LogP contribution in [0.5, 0.6) is 5.75 Å². The maximum atomic E-state index is 13.0. The van der Waals surface area contributed by atoms with E-state index in [-0.39, 0.29) is 23.2 Å². The molecule has 0 N–H and O–H groups in total. The number of ether oxygens (including phenoxy) is 1. The van der Waals surface area contributed by atoms with Crippen LogP contribution >= 0.6 is 0 Å². The normalized spacial score (nSPS) is 20.2. The second-order valence-electron chi connectivity index (χ2n) is 8.94. The van der Waals surface area contributed by atoms with Gasteiger partial charge in [0.25, 0.3) is 0 Å². The Morgan fingerprint density at radius 3 is 2.31 bits per heavy atom. The van der Waals surface area contributed by atoms with Crippen molar-refractivity contribution >= 4 is 6.09 Å². The molecule has 2 rings (SSSR count). The maximum absolute atomic E-state index is 13.0. The number of likely N-dealkylation sites (tertiary alicyclic amines) is 1. The summed E-state index contributed by atoms with van der Waals surface area (Å²) in [4.78, 5) is 17.4. The topological polar surface area (TPSA) is 45.9 Å². The molecule has 0 unspecified atom stereocenters. The molecule has 1 saturated heterocycles. The summed E-state index contributed by atoms with van der Waals surface area (Å²) in [6.45, 7) is 15.6. The number of furan rings is 1. The van der Waals surface area contributed by atoms with E-state index in [4.69, 9.17) is 9.15 Å². The van der Waals surface area contributed by atoms with E-state index < -0.39 is 0 Å². The maximum Gasteiger partial charge on any atom is 0.415 e. The number of nitrogens with zero attached hydrogens (tertiary/aromatic N) is 2. The Hall–Kier alpha value is -1.49. The monoisotopic (exact) mass is 364 g/mol. The highest BCUT2D eigenvalue weighted by Gasteiger charge is 2.45. The van der Waals surface area contributed by atoms with Gasteiger partial charge >= 0.3 is 6.09 Å². The van der Waals surface area contributed by atoms with Crippen LogP contribution in [0, 0.1) is 13.8 Å². The molecule has 0 aliphatic carbocycles. The lowest BCUT2D eigenvalue weighted by Crippen LogP contribution is -2.63. The van der Waals surface area contributed by atoms with Gasteiger partial charge in [0.15, 0.2) is 5.75 Å². The highest BCUT2D eigenvalue weighted by molar-refractivity contribution is 5.71. The minimum absolute atomic E-state index is 0.0271. The third kappa shape index (κ3) is 4.43. The number of piperidine rings is 1. The molecule has 1 aromatic heterocycles. The van der Waals surface area contributed by atoms with Crippen molar-refractivity contribution in [1.82, 2.24) is 9.80 Å². The number of rotatable bonds is 5. The lowest BCUT2D eigenvalue weighted by Gasteiger charge is -2.55. The van der Waals surface area contributed by atoms with Gasteiger partial charge in [0, 0.05) is 29.7 Å². The Labute approximate surface area is 158 Å². The van der Waals surface area contributed by atoms with Gasteiger partial charge in [0.05, 0.1) is 0 Å². The minimum Gasteiger partial charge on any atom is -0.463 e. The van der Waals surface area contributed by atoms with Crippen molar-refractivity contribution in [3.63, 3.8) is 0 Å². The van der Waals surface area contributed by atoms with Crippen molar-refractivity contribution in [2.24, 2.45) is 0 Å². The number of hydrogen-bond donors (Lipinski definition) is 0. The molecule has 0 saturated carbocycles. The van der Waals surface area contributed by atoms with Crippen LogP contribution in [0.4, 0.5) is 4.79 Å². The van der Waals surface area contributed by atoms with Crippen molar-refractivity contribution in [3.05, 3.63) is 17.6 Å². The summed E-state index contributed by atoms with van der Waals surface area (Å²) in [5.41, 5.74) is 0.0542. The first-order valence-electron chi connectivity index (χ1n) is 9.77. The Morgan fingerprint density at radius 1 is 1.27 bits per heavy atom. The summed E-state index contributed by atoms with van der Waals surface area (Å²) in [6, 6.07) is 1.96. The van der Waals surface area contributed by atoms with Crippen LogP contribution in [0.15, 0.2) is 10.5 Å². The Balaban J connectivity index is 2.23. The Bertz CT molecular complexity index is 615. The number of carbonyl (C=O) groups is 1. The highest BCUT2D eigenvalue weighted by Crippen LogP contribution is 2.39. The molecule has 1 aliphatic rings. The van der Waals surface area contributed by atoms with Gasteiger partial charge in [-0.15, -0.1) is 0 Å². The fraction of sp³-hybridized carbons (Fsp3) is 0.762. The molecule has 2 heterocycles.